The van der Waals surface area contributed by atoms with E-state index in [4.69, 9.17) is 4.74 Å². The van der Waals surface area contributed by atoms with Crippen LogP contribution >= 0.6 is 0 Å². The molecule has 4 rings (SSSR count). The molecule has 1 aromatic heterocycles. The number of halogens is 2. The summed E-state index contributed by atoms with van der Waals surface area (Å²) in [5.74, 6) is -1.22. The zero-order valence-electron chi connectivity index (χ0n) is 14.4. The molecule has 0 amide bonds. The molecule has 0 aliphatic rings. The van der Waals surface area contributed by atoms with Crippen molar-refractivity contribution in [3.05, 3.63) is 90.0 Å². The first-order valence-electron chi connectivity index (χ1n) is 8.37. The van der Waals surface area contributed by atoms with E-state index in [0.717, 1.165) is 6.07 Å². The fourth-order valence-corrected chi connectivity index (χ4v) is 2.88. The molecule has 28 heavy (non-hydrogen) atoms. The Morgan fingerprint density at radius 3 is 2.32 bits per heavy atom. The second-order valence-electron chi connectivity index (χ2n) is 6.11. The highest BCUT2D eigenvalue weighted by atomic mass is 19.1. The number of pyridine rings is 1. The molecule has 0 saturated carbocycles. The predicted molar refractivity (Wildman–Crippen MR) is 101 cm³/mol. The van der Waals surface area contributed by atoms with Gasteiger partial charge in [-0.05, 0) is 60.7 Å². The van der Waals surface area contributed by atoms with Gasteiger partial charge in [-0.15, -0.1) is 0 Å². The summed E-state index contributed by atoms with van der Waals surface area (Å²) in [7, 11) is 0. The molecule has 0 fully saturated rings. The van der Waals surface area contributed by atoms with Crippen molar-refractivity contribution >= 4 is 16.9 Å². The molecule has 4 aromatic rings. The van der Waals surface area contributed by atoms with E-state index in [9.17, 15) is 18.7 Å². The van der Waals surface area contributed by atoms with Crippen LogP contribution in [0.25, 0.3) is 22.2 Å². The highest BCUT2D eigenvalue weighted by Crippen LogP contribution is 2.28. The molecule has 1 N–H and O–H groups in total. The van der Waals surface area contributed by atoms with E-state index in [-0.39, 0.29) is 10.9 Å². The van der Waals surface area contributed by atoms with Gasteiger partial charge >= 0.3 is 5.97 Å². The van der Waals surface area contributed by atoms with E-state index in [1.807, 2.05) is 0 Å². The van der Waals surface area contributed by atoms with E-state index in [1.54, 1.807) is 36.4 Å². The molecule has 6 heteroatoms. The summed E-state index contributed by atoms with van der Waals surface area (Å²) in [5.41, 5.74) is 1.46. The van der Waals surface area contributed by atoms with Crippen molar-refractivity contribution in [2.24, 2.45) is 0 Å². The highest BCUT2D eigenvalue weighted by molar-refractivity contribution is 6.03. The summed E-state index contributed by atoms with van der Waals surface area (Å²) < 4.78 is 32.3. The smallest absolute Gasteiger partial charge is 0.336 e. The minimum Gasteiger partial charge on any atom is -0.478 e. The van der Waals surface area contributed by atoms with Crippen LogP contribution in [0.5, 0.6) is 11.5 Å². The van der Waals surface area contributed by atoms with Gasteiger partial charge in [0.25, 0.3) is 0 Å². The summed E-state index contributed by atoms with van der Waals surface area (Å²) in [4.78, 5) is 16.0. The minimum atomic E-state index is -1.16. The number of carboxylic acids is 1. The quantitative estimate of drug-likeness (QED) is 0.498. The lowest BCUT2D eigenvalue weighted by atomic mass is 10.0. The lowest BCUT2D eigenvalue weighted by Gasteiger charge is -2.09. The molecule has 0 saturated heterocycles. The van der Waals surface area contributed by atoms with Crippen molar-refractivity contribution in [2.45, 2.75) is 0 Å². The van der Waals surface area contributed by atoms with E-state index in [1.165, 1.54) is 30.3 Å². The number of nitrogens with zero attached hydrogens (tertiary/aromatic N) is 1. The molecule has 138 valence electrons. The topological polar surface area (TPSA) is 59.4 Å². The first-order valence-corrected chi connectivity index (χ1v) is 8.37. The van der Waals surface area contributed by atoms with Crippen LogP contribution < -0.4 is 4.74 Å². The number of hydrogen-bond donors (Lipinski definition) is 1. The second kappa shape index (κ2) is 7.08. The highest BCUT2D eigenvalue weighted by Gasteiger charge is 2.14. The second-order valence-corrected chi connectivity index (χ2v) is 6.11. The van der Waals surface area contributed by atoms with Crippen molar-refractivity contribution < 1.29 is 23.4 Å². The number of ether oxygens (including phenoxy) is 1. The first-order chi connectivity index (χ1) is 13.5. The van der Waals surface area contributed by atoms with Crippen LogP contribution in [0.2, 0.25) is 0 Å². The SMILES string of the molecule is O=C(O)c1cc(-c2ccc(Oc3cccc(F)c3)cc2)nc2ccc(F)cc12. The Bertz CT molecular complexity index is 1190. The van der Waals surface area contributed by atoms with Crippen molar-refractivity contribution in [2.75, 3.05) is 0 Å². The number of fused-ring (bicyclic) bond motifs is 1. The van der Waals surface area contributed by atoms with Gasteiger partial charge in [0.15, 0.2) is 0 Å². The summed E-state index contributed by atoms with van der Waals surface area (Å²) in [6.07, 6.45) is 0. The molecule has 0 bridgehead atoms. The van der Waals surface area contributed by atoms with Gasteiger partial charge in [-0.25, -0.2) is 18.6 Å². The predicted octanol–water partition coefficient (Wildman–Crippen LogP) is 5.67. The first kappa shape index (κ1) is 17.6. The maximum absolute atomic E-state index is 13.5. The Balaban J connectivity index is 1.70. The van der Waals surface area contributed by atoms with Crippen LogP contribution in [-0.4, -0.2) is 16.1 Å². The average molecular weight is 377 g/mol. The maximum Gasteiger partial charge on any atom is 0.336 e. The molecule has 0 unspecified atom stereocenters. The largest absolute Gasteiger partial charge is 0.478 e. The van der Waals surface area contributed by atoms with Crippen LogP contribution in [0.15, 0.2) is 72.8 Å². The molecule has 0 radical (unpaired) electrons. The minimum absolute atomic E-state index is 0.0282. The number of rotatable bonds is 4. The van der Waals surface area contributed by atoms with Gasteiger partial charge in [-0.2, -0.15) is 0 Å². The van der Waals surface area contributed by atoms with Gasteiger partial charge in [0.2, 0.25) is 0 Å². The molecule has 0 aliphatic heterocycles. The van der Waals surface area contributed by atoms with Gasteiger partial charge in [-0.1, -0.05) is 6.07 Å². The summed E-state index contributed by atoms with van der Waals surface area (Å²) in [6.45, 7) is 0. The normalized spacial score (nSPS) is 10.8. The number of aromatic carboxylic acids is 1. The summed E-state index contributed by atoms with van der Waals surface area (Å²) in [6, 6.07) is 17.8. The van der Waals surface area contributed by atoms with E-state index in [0.29, 0.717) is 28.3 Å². The standard InChI is InChI=1S/C22H13F2NO3/c23-14-2-1-3-17(10-14)28-16-7-4-13(5-8-16)21-12-19(22(26)27)18-11-15(24)6-9-20(18)25-21/h1-12H,(H,26,27). The number of carboxylic acid groups (broad SMARTS) is 1. The van der Waals surface area contributed by atoms with Crippen LogP contribution in [0.1, 0.15) is 10.4 Å². The third-order valence-electron chi connectivity index (χ3n) is 4.18. The Morgan fingerprint density at radius 2 is 1.61 bits per heavy atom. The van der Waals surface area contributed by atoms with Crippen molar-refractivity contribution in [3.63, 3.8) is 0 Å². The molecule has 1 heterocycles. The average Bonchev–Trinajstić information content (AvgIpc) is 2.67. The Kier molecular flexibility index (Phi) is 4.45. The van der Waals surface area contributed by atoms with Crippen LogP contribution in [0.3, 0.4) is 0 Å². The molecule has 0 spiro atoms. The molecule has 0 aliphatic carbocycles. The third kappa shape index (κ3) is 3.53. The van der Waals surface area contributed by atoms with Gasteiger partial charge < -0.3 is 9.84 Å². The molecule has 0 atom stereocenters. The van der Waals surface area contributed by atoms with Crippen LogP contribution in [0.4, 0.5) is 8.78 Å². The zero-order chi connectivity index (χ0) is 19.7. The fraction of sp³-hybridized carbons (Fsp3) is 0. The van der Waals surface area contributed by atoms with Crippen LogP contribution in [-0.2, 0) is 0 Å². The van der Waals surface area contributed by atoms with Crippen molar-refractivity contribution in [1.82, 2.24) is 4.98 Å². The van der Waals surface area contributed by atoms with E-state index in [2.05, 4.69) is 4.98 Å². The fourth-order valence-electron chi connectivity index (χ4n) is 2.88. The lowest BCUT2D eigenvalue weighted by molar-refractivity contribution is 0.0699. The lowest BCUT2D eigenvalue weighted by Crippen LogP contribution is -2.00. The molecular weight excluding hydrogens is 364 g/mol. The number of benzene rings is 3. The van der Waals surface area contributed by atoms with Gasteiger partial charge in [-0.3, -0.25) is 0 Å². The maximum atomic E-state index is 13.5. The van der Waals surface area contributed by atoms with Gasteiger partial charge in [0.05, 0.1) is 16.8 Å². The van der Waals surface area contributed by atoms with Crippen molar-refractivity contribution in [1.29, 1.82) is 0 Å². The number of carbonyl (C=O) groups is 1. The number of aromatic nitrogens is 1. The number of hydrogen-bond acceptors (Lipinski definition) is 3. The van der Waals surface area contributed by atoms with Gasteiger partial charge in [0, 0.05) is 17.0 Å². The van der Waals surface area contributed by atoms with Crippen molar-refractivity contribution in [3.8, 4) is 22.8 Å². The monoisotopic (exact) mass is 377 g/mol. The zero-order valence-corrected chi connectivity index (χ0v) is 14.4. The van der Waals surface area contributed by atoms with E-state index >= 15 is 0 Å². The Morgan fingerprint density at radius 1 is 0.857 bits per heavy atom. The summed E-state index contributed by atoms with van der Waals surface area (Å²) >= 11 is 0. The Labute approximate surface area is 158 Å². The van der Waals surface area contributed by atoms with Crippen LogP contribution in [0, 0.1) is 11.6 Å². The van der Waals surface area contributed by atoms with Gasteiger partial charge in [0.1, 0.15) is 23.1 Å². The molecule has 4 nitrogen and oxygen atoms in total. The Hall–Kier alpha value is -3.80. The van der Waals surface area contributed by atoms with E-state index < -0.39 is 17.6 Å². The molecule has 3 aromatic carbocycles. The molecular formula is C22H13F2NO3. The summed E-state index contributed by atoms with van der Waals surface area (Å²) in [5, 5.41) is 9.71. The third-order valence-corrected chi connectivity index (χ3v) is 4.18.